The topological polar surface area (TPSA) is 119 Å². The molecule has 0 spiro atoms. The third-order valence-electron chi connectivity index (χ3n) is 3.31. The summed E-state index contributed by atoms with van der Waals surface area (Å²) in [6.45, 7) is -0.0904. The first kappa shape index (κ1) is 15.4. The summed E-state index contributed by atoms with van der Waals surface area (Å²) in [4.78, 5) is 39.6. The minimum absolute atomic E-state index is 0.0904. The molecule has 0 aliphatic carbocycles. The van der Waals surface area contributed by atoms with Crippen LogP contribution in [0, 0.1) is 0 Å². The quantitative estimate of drug-likeness (QED) is 0.673. The molecule has 3 heterocycles. The summed E-state index contributed by atoms with van der Waals surface area (Å²) in [5.74, 6) is -0.965. The van der Waals surface area contributed by atoms with Gasteiger partial charge in [-0.2, -0.15) is 5.10 Å². The first-order valence-electron chi connectivity index (χ1n) is 6.95. The minimum Gasteiger partial charge on any atom is -0.465 e. The molecular formula is C15H13N5O4. The number of methoxy groups -OCH3 is 1. The molecule has 0 aromatic carbocycles. The van der Waals surface area contributed by atoms with Crippen molar-refractivity contribution in [2.75, 3.05) is 12.4 Å². The van der Waals surface area contributed by atoms with Crippen molar-refractivity contribution in [3.8, 4) is 11.3 Å². The number of carbonyl (C=O) groups excluding carboxylic acids is 2. The number of fused-ring (bicyclic) bond motifs is 1. The van der Waals surface area contributed by atoms with Gasteiger partial charge in [0.1, 0.15) is 17.8 Å². The van der Waals surface area contributed by atoms with Gasteiger partial charge in [0.25, 0.3) is 5.56 Å². The average Bonchev–Trinajstić information content (AvgIpc) is 2.95. The third kappa shape index (κ3) is 3.00. The lowest BCUT2D eigenvalue weighted by Crippen LogP contribution is -2.20. The van der Waals surface area contributed by atoms with Crippen LogP contribution >= 0.6 is 0 Å². The van der Waals surface area contributed by atoms with E-state index in [0.717, 1.165) is 0 Å². The zero-order valence-corrected chi connectivity index (χ0v) is 12.6. The first-order valence-corrected chi connectivity index (χ1v) is 6.95. The predicted molar refractivity (Wildman–Crippen MR) is 83.7 cm³/mol. The Morgan fingerprint density at radius 2 is 2.04 bits per heavy atom. The number of aromatic nitrogens is 4. The lowest BCUT2D eigenvalue weighted by Gasteiger charge is -2.11. The van der Waals surface area contributed by atoms with Gasteiger partial charge in [-0.3, -0.25) is 14.6 Å². The number of nitrogens with zero attached hydrogens (tertiary/aromatic N) is 3. The Morgan fingerprint density at radius 3 is 2.75 bits per heavy atom. The van der Waals surface area contributed by atoms with Crippen molar-refractivity contribution in [1.29, 1.82) is 0 Å². The molecule has 1 aromatic heterocycles. The van der Waals surface area contributed by atoms with Crippen LogP contribution in [-0.2, 0) is 16.1 Å². The molecule has 0 fully saturated rings. The maximum Gasteiger partial charge on any atom is 0.341 e. The van der Waals surface area contributed by atoms with Crippen molar-refractivity contribution in [3.63, 3.8) is 0 Å². The van der Waals surface area contributed by atoms with Gasteiger partial charge >= 0.3 is 5.97 Å². The lowest BCUT2D eigenvalue weighted by atomic mass is 10.1. The van der Waals surface area contributed by atoms with Gasteiger partial charge in [-0.25, -0.2) is 9.89 Å². The smallest absolute Gasteiger partial charge is 0.341 e. The second kappa shape index (κ2) is 6.32. The van der Waals surface area contributed by atoms with E-state index in [2.05, 4.69) is 20.5 Å². The molecule has 1 aromatic rings. The van der Waals surface area contributed by atoms with E-state index >= 15 is 0 Å². The monoisotopic (exact) mass is 327 g/mol. The molecule has 0 saturated carbocycles. The molecule has 0 bridgehead atoms. The number of ether oxygens (including phenoxy) is 1. The van der Waals surface area contributed by atoms with Gasteiger partial charge in [0, 0.05) is 30.5 Å². The summed E-state index contributed by atoms with van der Waals surface area (Å²) in [5.41, 5.74) is 0.661. The number of aromatic amines is 1. The Kier molecular flexibility index (Phi) is 4.06. The van der Waals surface area contributed by atoms with E-state index in [4.69, 9.17) is 4.74 Å². The number of carbonyl (C=O) groups is 2. The number of H-pyrrole nitrogens is 1. The number of hydrogen-bond acceptors (Lipinski definition) is 6. The molecule has 122 valence electrons. The highest BCUT2D eigenvalue weighted by Gasteiger charge is 2.22. The van der Waals surface area contributed by atoms with Crippen LogP contribution in [0.15, 0.2) is 41.7 Å². The largest absolute Gasteiger partial charge is 0.465 e. The van der Waals surface area contributed by atoms with Gasteiger partial charge in [0.05, 0.1) is 12.7 Å². The van der Waals surface area contributed by atoms with Crippen LogP contribution in [-0.4, -0.2) is 38.7 Å². The van der Waals surface area contributed by atoms with E-state index in [1.807, 2.05) is 0 Å². The van der Waals surface area contributed by atoms with Gasteiger partial charge in [0.15, 0.2) is 0 Å². The highest BCUT2D eigenvalue weighted by Crippen LogP contribution is 2.20. The number of nitrogens with one attached hydrogen (secondary N) is 2. The summed E-state index contributed by atoms with van der Waals surface area (Å²) in [7, 11) is 1.23. The summed E-state index contributed by atoms with van der Waals surface area (Å²) in [5, 5.41) is 8.79. The van der Waals surface area contributed by atoms with Gasteiger partial charge in [-0.15, -0.1) is 0 Å². The Hall–Kier alpha value is -3.49. The molecule has 9 nitrogen and oxygen atoms in total. The molecule has 9 heteroatoms. The van der Waals surface area contributed by atoms with E-state index in [0.29, 0.717) is 5.69 Å². The number of amides is 1. The average molecular weight is 327 g/mol. The van der Waals surface area contributed by atoms with E-state index in [1.165, 1.54) is 24.1 Å². The van der Waals surface area contributed by atoms with E-state index < -0.39 is 11.5 Å². The second-order valence-electron chi connectivity index (χ2n) is 4.93. The third-order valence-corrected chi connectivity index (χ3v) is 3.31. The van der Waals surface area contributed by atoms with Gasteiger partial charge in [0.2, 0.25) is 5.91 Å². The lowest BCUT2D eigenvalue weighted by molar-refractivity contribution is -0.116. The molecule has 2 aliphatic heterocycles. The van der Waals surface area contributed by atoms with Crippen LogP contribution in [0.2, 0.25) is 0 Å². The van der Waals surface area contributed by atoms with Crippen LogP contribution < -0.4 is 10.9 Å². The van der Waals surface area contributed by atoms with E-state index in [9.17, 15) is 14.4 Å². The van der Waals surface area contributed by atoms with Gasteiger partial charge in [-0.1, -0.05) is 0 Å². The Bertz CT molecular complexity index is 915. The van der Waals surface area contributed by atoms with Crippen LogP contribution in [0.1, 0.15) is 10.4 Å². The molecule has 2 aliphatic rings. The van der Waals surface area contributed by atoms with E-state index in [1.54, 1.807) is 24.5 Å². The summed E-state index contributed by atoms with van der Waals surface area (Å²) in [6.07, 6.45) is 5.99. The highest BCUT2D eigenvalue weighted by molar-refractivity contribution is 5.96. The number of rotatable bonds is 4. The van der Waals surface area contributed by atoms with Crippen molar-refractivity contribution >= 4 is 17.6 Å². The number of hydrogen-bond donors (Lipinski definition) is 2. The number of esters is 1. The maximum absolute atomic E-state index is 12.1. The minimum atomic E-state index is -0.643. The molecule has 2 N–H and O–H groups in total. The summed E-state index contributed by atoms with van der Waals surface area (Å²) < 4.78 is 6.13. The Labute approximate surface area is 135 Å². The number of pyridine rings is 2. The molecule has 0 saturated heterocycles. The van der Waals surface area contributed by atoms with Crippen molar-refractivity contribution in [2.24, 2.45) is 0 Å². The molecule has 24 heavy (non-hydrogen) atoms. The molecule has 1 amide bonds. The highest BCUT2D eigenvalue weighted by atomic mass is 16.5. The normalized spacial score (nSPS) is 10.5. The van der Waals surface area contributed by atoms with Crippen molar-refractivity contribution in [1.82, 2.24) is 19.7 Å². The van der Waals surface area contributed by atoms with Crippen molar-refractivity contribution in [2.45, 2.75) is 6.54 Å². The number of anilines is 1. The van der Waals surface area contributed by atoms with Crippen molar-refractivity contribution < 1.29 is 14.3 Å². The fraction of sp³-hybridized carbons (Fsp3) is 0.133. The zero-order valence-electron chi connectivity index (χ0n) is 12.6. The SMILES string of the molecule is COC(=O)c1cn(CC(=O)Nc2ccncc2)cc2c(=O)[nH]nc1-2. The van der Waals surface area contributed by atoms with Crippen LogP contribution in [0.3, 0.4) is 0 Å². The molecule has 0 unspecified atom stereocenters. The maximum atomic E-state index is 12.1. The summed E-state index contributed by atoms with van der Waals surface area (Å²) in [6, 6.07) is 3.30. The molecule has 3 rings (SSSR count). The second-order valence-corrected chi connectivity index (χ2v) is 4.93. The van der Waals surface area contributed by atoms with Crippen molar-refractivity contribution in [3.05, 3.63) is 52.8 Å². The fourth-order valence-corrected chi connectivity index (χ4v) is 2.24. The Morgan fingerprint density at radius 1 is 1.29 bits per heavy atom. The molecule has 0 radical (unpaired) electrons. The van der Waals surface area contributed by atoms with Crippen LogP contribution in [0.5, 0.6) is 0 Å². The summed E-state index contributed by atoms with van der Waals surface area (Å²) >= 11 is 0. The molecular weight excluding hydrogens is 314 g/mol. The van der Waals surface area contributed by atoms with Gasteiger partial charge in [-0.05, 0) is 12.1 Å². The molecule has 0 atom stereocenters. The zero-order chi connectivity index (χ0) is 17.1. The standard InChI is InChI=1S/C15H13N5O4/c1-24-15(23)11-7-20(6-10-13(11)18-19-14(10)22)8-12(21)17-9-2-4-16-5-3-9/h2-7H,8H2,1H3,(H,19,22)(H,16,17,21). The van der Waals surface area contributed by atoms with Crippen LogP contribution in [0.25, 0.3) is 11.3 Å². The predicted octanol–water partition coefficient (Wildman–Crippen LogP) is 0.497. The van der Waals surface area contributed by atoms with E-state index in [-0.39, 0.29) is 29.3 Å². The van der Waals surface area contributed by atoms with Gasteiger partial charge < -0.3 is 14.6 Å². The van der Waals surface area contributed by atoms with Crippen LogP contribution in [0.4, 0.5) is 5.69 Å². The first-order chi connectivity index (χ1) is 11.6. The fourth-order valence-electron chi connectivity index (χ4n) is 2.24. The Balaban J connectivity index is 1.90.